The molecule has 1 fully saturated rings. The molecule has 0 saturated carbocycles. The summed E-state index contributed by atoms with van der Waals surface area (Å²) in [6.45, 7) is 2.52. The van der Waals surface area contributed by atoms with Crippen molar-refractivity contribution in [3.63, 3.8) is 0 Å². The quantitative estimate of drug-likeness (QED) is 0.377. The molecule has 0 unspecified atom stereocenters. The van der Waals surface area contributed by atoms with E-state index in [9.17, 15) is 9.59 Å². The number of ether oxygens (including phenoxy) is 2. The minimum atomic E-state index is -0.278. The number of halogens is 1. The van der Waals surface area contributed by atoms with E-state index in [1.54, 1.807) is 26.2 Å². The molecule has 0 aliphatic carbocycles. The van der Waals surface area contributed by atoms with Crippen molar-refractivity contribution in [2.45, 2.75) is 13.5 Å². The van der Waals surface area contributed by atoms with Gasteiger partial charge in [0, 0.05) is 11.0 Å². The molecule has 7 heteroatoms. The number of hydrogen-bond acceptors (Lipinski definition) is 5. The fourth-order valence-electron chi connectivity index (χ4n) is 3.42. The average molecular weight is 498 g/mol. The number of imide groups is 1. The number of methoxy groups -OCH3 is 1. The van der Waals surface area contributed by atoms with Gasteiger partial charge in [-0.3, -0.25) is 14.5 Å². The first-order chi connectivity index (χ1) is 15.0. The second kappa shape index (κ2) is 9.16. The third-order valence-corrected chi connectivity index (χ3v) is 6.62. The number of carbonyl (C=O) groups is 2. The molecule has 158 valence electrons. The van der Waals surface area contributed by atoms with Gasteiger partial charge >= 0.3 is 0 Å². The van der Waals surface area contributed by atoms with Crippen molar-refractivity contribution in [3.05, 3.63) is 75.1 Å². The maximum Gasteiger partial charge on any atom is 0.293 e. The van der Waals surface area contributed by atoms with E-state index in [1.165, 1.54) is 4.90 Å². The molecule has 0 atom stereocenters. The van der Waals surface area contributed by atoms with Gasteiger partial charge in [0.2, 0.25) is 0 Å². The molecule has 1 aliphatic rings. The summed E-state index contributed by atoms with van der Waals surface area (Å²) < 4.78 is 12.4. The summed E-state index contributed by atoms with van der Waals surface area (Å²) in [7, 11) is 1.57. The molecule has 1 saturated heterocycles. The fraction of sp³-hybridized carbons (Fsp3) is 0.167. The number of fused-ring (bicyclic) bond motifs is 1. The largest absolute Gasteiger partial charge is 0.493 e. The molecular weight excluding hydrogens is 478 g/mol. The zero-order valence-electron chi connectivity index (χ0n) is 17.1. The number of benzene rings is 3. The Morgan fingerprint density at radius 3 is 2.58 bits per heavy atom. The minimum absolute atomic E-state index is 0.253. The smallest absolute Gasteiger partial charge is 0.293 e. The van der Waals surface area contributed by atoms with Crippen LogP contribution in [0.2, 0.25) is 0 Å². The molecule has 3 aromatic carbocycles. The van der Waals surface area contributed by atoms with Crippen LogP contribution < -0.4 is 9.47 Å². The highest BCUT2D eigenvalue weighted by Gasteiger charge is 2.33. The zero-order chi connectivity index (χ0) is 22.0. The van der Waals surface area contributed by atoms with E-state index in [1.807, 2.05) is 30.3 Å². The standard InChI is InChI=1S/C24H20BrNO4S/c1-3-26-23(27)22(31-24(26)28)12-17-11-20(29-2)21(13-19(17)25)30-14-16-9-6-8-15-7-4-5-10-18(15)16/h4-13H,3,14H2,1-2H3/b22-12+. The number of carbonyl (C=O) groups excluding carboxylic acids is 2. The lowest BCUT2D eigenvalue weighted by molar-refractivity contribution is -0.122. The Hall–Kier alpha value is -2.77. The molecule has 0 N–H and O–H groups in total. The molecule has 4 rings (SSSR count). The van der Waals surface area contributed by atoms with Gasteiger partial charge in [0.05, 0.1) is 12.0 Å². The Kier molecular flexibility index (Phi) is 6.34. The summed E-state index contributed by atoms with van der Waals surface area (Å²) in [6, 6.07) is 17.9. The van der Waals surface area contributed by atoms with Crippen molar-refractivity contribution in [1.29, 1.82) is 0 Å². The zero-order valence-corrected chi connectivity index (χ0v) is 19.5. The minimum Gasteiger partial charge on any atom is -0.493 e. The number of rotatable bonds is 6. The third kappa shape index (κ3) is 4.34. The van der Waals surface area contributed by atoms with Gasteiger partial charge in [-0.1, -0.05) is 58.4 Å². The fourth-order valence-corrected chi connectivity index (χ4v) is 4.75. The van der Waals surface area contributed by atoms with Crippen LogP contribution >= 0.6 is 27.7 Å². The first kappa shape index (κ1) is 21.5. The van der Waals surface area contributed by atoms with Gasteiger partial charge in [0.25, 0.3) is 11.1 Å². The topological polar surface area (TPSA) is 55.8 Å². The highest BCUT2D eigenvalue weighted by molar-refractivity contribution is 9.10. The number of nitrogens with zero attached hydrogens (tertiary/aromatic N) is 1. The van der Waals surface area contributed by atoms with E-state index in [0.717, 1.165) is 38.1 Å². The summed E-state index contributed by atoms with van der Waals surface area (Å²) in [4.78, 5) is 26.0. The molecule has 31 heavy (non-hydrogen) atoms. The first-order valence-electron chi connectivity index (χ1n) is 9.74. The maximum absolute atomic E-state index is 12.4. The van der Waals surface area contributed by atoms with Crippen molar-refractivity contribution in [3.8, 4) is 11.5 Å². The van der Waals surface area contributed by atoms with E-state index in [-0.39, 0.29) is 11.1 Å². The predicted octanol–water partition coefficient (Wildman–Crippen LogP) is 6.25. The molecular formula is C24H20BrNO4S. The van der Waals surface area contributed by atoms with E-state index < -0.39 is 0 Å². The molecule has 0 bridgehead atoms. The van der Waals surface area contributed by atoms with Gasteiger partial charge < -0.3 is 9.47 Å². The number of hydrogen-bond donors (Lipinski definition) is 0. The normalized spacial score (nSPS) is 15.2. The SMILES string of the molecule is CCN1C(=O)S/C(=C/c2cc(OC)c(OCc3cccc4ccccc34)cc2Br)C1=O. The molecule has 5 nitrogen and oxygen atoms in total. The molecule has 0 spiro atoms. The summed E-state index contributed by atoms with van der Waals surface area (Å²) in [5.41, 5.74) is 1.81. The Morgan fingerprint density at radius 2 is 1.84 bits per heavy atom. The average Bonchev–Trinajstić information content (AvgIpc) is 3.05. The molecule has 0 aromatic heterocycles. The Bertz CT molecular complexity index is 1200. The lowest BCUT2D eigenvalue weighted by Gasteiger charge is -2.14. The Morgan fingerprint density at radius 1 is 1.06 bits per heavy atom. The first-order valence-corrected chi connectivity index (χ1v) is 11.3. The molecule has 1 aliphatic heterocycles. The van der Waals surface area contributed by atoms with Gasteiger partial charge in [-0.25, -0.2) is 0 Å². The van der Waals surface area contributed by atoms with Crippen LogP contribution in [-0.4, -0.2) is 29.7 Å². The van der Waals surface area contributed by atoms with Gasteiger partial charge in [-0.05, 0) is 58.8 Å². The second-order valence-corrected chi connectivity index (χ2v) is 8.73. The Balaban J connectivity index is 1.60. The summed E-state index contributed by atoms with van der Waals surface area (Å²) in [5, 5.41) is 2.05. The van der Waals surface area contributed by atoms with E-state index >= 15 is 0 Å². The molecule has 1 heterocycles. The lowest BCUT2D eigenvalue weighted by Crippen LogP contribution is -2.27. The summed E-state index contributed by atoms with van der Waals surface area (Å²) in [6.07, 6.45) is 1.70. The predicted molar refractivity (Wildman–Crippen MR) is 127 cm³/mol. The van der Waals surface area contributed by atoms with Gasteiger partial charge in [0.1, 0.15) is 6.61 Å². The van der Waals surface area contributed by atoms with Crippen molar-refractivity contribution >= 4 is 55.7 Å². The van der Waals surface area contributed by atoms with E-state index in [4.69, 9.17) is 9.47 Å². The summed E-state index contributed by atoms with van der Waals surface area (Å²) >= 11 is 4.49. The van der Waals surface area contributed by atoms with Crippen LogP contribution in [0.3, 0.4) is 0 Å². The van der Waals surface area contributed by atoms with Crippen LogP contribution in [0.4, 0.5) is 4.79 Å². The van der Waals surface area contributed by atoms with Crippen LogP contribution in [-0.2, 0) is 11.4 Å². The monoisotopic (exact) mass is 497 g/mol. The molecule has 3 aromatic rings. The highest BCUT2D eigenvalue weighted by atomic mass is 79.9. The van der Waals surface area contributed by atoms with Crippen LogP contribution in [0.5, 0.6) is 11.5 Å². The van der Waals surface area contributed by atoms with Crippen LogP contribution in [0.1, 0.15) is 18.1 Å². The lowest BCUT2D eigenvalue weighted by atomic mass is 10.1. The van der Waals surface area contributed by atoms with Crippen molar-refractivity contribution in [2.24, 2.45) is 0 Å². The van der Waals surface area contributed by atoms with Crippen molar-refractivity contribution < 1.29 is 19.1 Å². The van der Waals surface area contributed by atoms with Gasteiger partial charge in [0.15, 0.2) is 11.5 Å². The summed E-state index contributed by atoms with van der Waals surface area (Å²) in [5.74, 6) is 0.852. The van der Waals surface area contributed by atoms with Gasteiger partial charge in [-0.15, -0.1) is 0 Å². The highest BCUT2D eigenvalue weighted by Crippen LogP contribution is 2.38. The number of thioether (sulfide) groups is 1. The van der Waals surface area contributed by atoms with Gasteiger partial charge in [-0.2, -0.15) is 0 Å². The third-order valence-electron chi connectivity index (χ3n) is 5.02. The number of amides is 2. The van der Waals surface area contributed by atoms with Crippen molar-refractivity contribution in [1.82, 2.24) is 4.90 Å². The second-order valence-electron chi connectivity index (χ2n) is 6.88. The molecule has 2 amide bonds. The van der Waals surface area contributed by atoms with Crippen LogP contribution in [0.25, 0.3) is 16.8 Å². The van der Waals surface area contributed by atoms with Crippen LogP contribution in [0, 0.1) is 0 Å². The Labute approximate surface area is 193 Å². The molecule has 0 radical (unpaired) electrons. The van der Waals surface area contributed by atoms with Crippen LogP contribution in [0.15, 0.2) is 64.0 Å². The van der Waals surface area contributed by atoms with Crippen molar-refractivity contribution in [2.75, 3.05) is 13.7 Å². The number of likely N-dealkylation sites (N-methyl/N-ethyl adjacent to an activating group) is 1. The maximum atomic E-state index is 12.4. The van der Waals surface area contributed by atoms with E-state index in [0.29, 0.717) is 29.6 Å². The van der Waals surface area contributed by atoms with E-state index in [2.05, 4.69) is 34.1 Å².